The molecule has 0 radical (unpaired) electrons. The summed E-state index contributed by atoms with van der Waals surface area (Å²) >= 11 is 0. The van der Waals surface area contributed by atoms with Gasteiger partial charge in [0.15, 0.2) is 11.6 Å². The Labute approximate surface area is 185 Å². The number of hydrogen-bond donors (Lipinski definition) is 0. The van der Waals surface area contributed by atoms with Gasteiger partial charge in [-0.1, -0.05) is 24.3 Å². The fourth-order valence-electron chi connectivity index (χ4n) is 4.49. The van der Waals surface area contributed by atoms with Gasteiger partial charge in [-0.3, -0.25) is 4.79 Å². The second-order valence-electron chi connectivity index (χ2n) is 8.36. The number of hydrogen-bond acceptors (Lipinski definition) is 2. The first-order valence-electron chi connectivity index (χ1n) is 10.5. The Hall–Kier alpha value is -3.28. The maximum Gasteiger partial charge on any atom is 0.233 e. The molecule has 0 spiro atoms. The van der Waals surface area contributed by atoms with Crippen LogP contribution in [0.15, 0.2) is 54.6 Å². The summed E-state index contributed by atoms with van der Waals surface area (Å²) in [5.41, 5.74) is 2.08. The van der Waals surface area contributed by atoms with E-state index in [0.29, 0.717) is 19.2 Å². The Balaban J connectivity index is 1.83. The molecule has 3 aromatic carbocycles. The number of likely N-dealkylation sites (N-methyl/N-ethyl adjacent to an activating group) is 1. The Kier molecular flexibility index (Phi) is 5.71. The van der Waals surface area contributed by atoms with Crippen molar-refractivity contribution < 1.29 is 22.7 Å². The number of amides is 1. The van der Waals surface area contributed by atoms with Gasteiger partial charge in [0.1, 0.15) is 11.6 Å². The van der Waals surface area contributed by atoms with Gasteiger partial charge in [0.25, 0.3) is 0 Å². The van der Waals surface area contributed by atoms with Gasteiger partial charge in [-0.25, -0.2) is 13.2 Å². The van der Waals surface area contributed by atoms with Crippen molar-refractivity contribution in [2.75, 3.05) is 13.7 Å². The fraction of sp³-hybridized carbons (Fsp3) is 0.269. The second-order valence-corrected chi connectivity index (χ2v) is 8.36. The van der Waals surface area contributed by atoms with Crippen LogP contribution in [0.25, 0.3) is 11.1 Å². The zero-order valence-electron chi connectivity index (χ0n) is 18.2. The number of fused-ring (bicyclic) bond motifs is 1. The lowest BCUT2D eigenvalue weighted by Gasteiger charge is -2.40. The van der Waals surface area contributed by atoms with E-state index in [2.05, 4.69) is 0 Å². The number of benzene rings is 3. The van der Waals surface area contributed by atoms with E-state index in [4.69, 9.17) is 4.74 Å². The number of ether oxygens (including phenoxy) is 1. The predicted octanol–water partition coefficient (Wildman–Crippen LogP) is 5.64. The monoisotopic (exact) mass is 439 g/mol. The third-order valence-corrected chi connectivity index (χ3v) is 6.02. The summed E-state index contributed by atoms with van der Waals surface area (Å²) in [5.74, 6) is -2.76. The zero-order chi connectivity index (χ0) is 23.0. The molecule has 1 aliphatic heterocycles. The molecule has 0 aliphatic carbocycles. The summed E-state index contributed by atoms with van der Waals surface area (Å²) in [6, 6.07) is 14.9. The van der Waals surface area contributed by atoms with Crippen molar-refractivity contribution in [2.45, 2.75) is 32.2 Å². The summed E-state index contributed by atoms with van der Waals surface area (Å²) in [6.07, 6.45) is -0.161. The van der Waals surface area contributed by atoms with Gasteiger partial charge in [0, 0.05) is 19.7 Å². The quantitative estimate of drug-likeness (QED) is 0.482. The fourth-order valence-corrected chi connectivity index (χ4v) is 4.49. The number of carbonyl (C=O) groups excluding carboxylic acids is 1. The van der Waals surface area contributed by atoms with Crippen LogP contribution < -0.4 is 4.74 Å². The molecule has 3 aromatic rings. The Morgan fingerprint density at radius 3 is 2.53 bits per heavy atom. The molecule has 32 heavy (non-hydrogen) atoms. The third kappa shape index (κ3) is 3.85. The summed E-state index contributed by atoms with van der Waals surface area (Å²) in [7, 11) is 1.67. The first-order valence-corrected chi connectivity index (χ1v) is 10.5. The molecule has 0 aromatic heterocycles. The van der Waals surface area contributed by atoms with E-state index in [9.17, 15) is 18.0 Å². The lowest BCUT2D eigenvalue weighted by molar-refractivity contribution is -0.137. The molecular weight excluding hydrogens is 415 g/mol. The van der Waals surface area contributed by atoms with E-state index in [1.807, 2.05) is 49.4 Å². The van der Waals surface area contributed by atoms with Crippen LogP contribution in [-0.4, -0.2) is 24.5 Å². The van der Waals surface area contributed by atoms with Crippen molar-refractivity contribution in [1.29, 1.82) is 0 Å². The molecule has 0 fully saturated rings. The van der Waals surface area contributed by atoms with Gasteiger partial charge in [0.05, 0.1) is 12.0 Å². The second kappa shape index (κ2) is 8.34. The van der Waals surface area contributed by atoms with Crippen molar-refractivity contribution in [3.63, 3.8) is 0 Å². The molecule has 0 saturated carbocycles. The van der Waals surface area contributed by atoms with Gasteiger partial charge in [-0.2, -0.15) is 0 Å². The van der Waals surface area contributed by atoms with E-state index in [0.717, 1.165) is 34.1 Å². The number of rotatable bonds is 5. The highest BCUT2D eigenvalue weighted by Gasteiger charge is 2.43. The summed E-state index contributed by atoms with van der Waals surface area (Å²) in [5, 5.41) is 0. The van der Waals surface area contributed by atoms with Crippen molar-refractivity contribution in [2.24, 2.45) is 0 Å². The summed E-state index contributed by atoms with van der Waals surface area (Å²) < 4.78 is 47.8. The van der Waals surface area contributed by atoms with E-state index in [1.165, 1.54) is 0 Å². The highest BCUT2D eigenvalue weighted by Crippen LogP contribution is 2.40. The van der Waals surface area contributed by atoms with Crippen molar-refractivity contribution in [1.82, 2.24) is 4.90 Å². The molecule has 1 unspecified atom stereocenters. The van der Waals surface area contributed by atoms with Crippen LogP contribution in [0.4, 0.5) is 13.2 Å². The highest BCUT2D eigenvalue weighted by molar-refractivity contribution is 5.90. The lowest BCUT2D eigenvalue weighted by atomic mass is 9.71. The molecule has 6 heteroatoms. The molecule has 1 heterocycles. The molecule has 1 atom stereocenters. The highest BCUT2D eigenvalue weighted by atomic mass is 19.2. The Morgan fingerprint density at radius 1 is 1.03 bits per heavy atom. The van der Waals surface area contributed by atoms with Gasteiger partial charge in [-0.15, -0.1) is 0 Å². The average Bonchev–Trinajstić information content (AvgIpc) is 2.76. The number of nitrogens with zero attached hydrogens (tertiary/aromatic N) is 1. The minimum Gasteiger partial charge on any atom is -0.494 e. The molecular formula is C26H24F3NO2. The molecule has 0 N–H and O–H groups in total. The Morgan fingerprint density at radius 2 is 1.78 bits per heavy atom. The van der Waals surface area contributed by atoms with Gasteiger partial charge in [0.2, 0.25) is 5.91 Å². The molecule has 0 bridgehead atoms. The van der Waals surface area contributed by atoms with E-state index >= 15 is 0 Å². The largest absolute Gasteiger partial charge is 0.494 e. The predicted molar refractivity (Wildman–Crippen MR) is 117 cm³/mol. The minimum absolute atomic E-state index is 0.161. The van der Waals surface area contributed by atoms with E-state index in [-0.39, 0.29) is 17.9 Å². The van der Waals surface area contributed by atoms with Crippen LogP contribution in [-0.2, 0) is 23.2 Å². The SMILES string of the molecule is CCOc1cccc(-c2ccc3c(c2)C(C)(Cc2cc(F)cc(F)c2F)C(=O)N(C)C3)c1. The first-order chi connectivity index (χ1) is 15.2. The third-order valence-electron chi connectivity index (χ3n) is 6.02. The number of halogens is 3. The topological polar surface area (TPSA) is 29.5 Å². The average molecular weight is 439 g/mol. The van der Waals surface area contributed by atoms with E-state index < -0.39 is 22.9 Å². The van der Waals surface area contributed by atoms with Gasteiger partial charge in [-0.05, 0) is 72.4 Å². The van der Waals surface area contributed by atoms with Crippen molar-refractivity contribution >= 4 is 5.91 Å². The maximum atomic E-state index is 14.5. The van der Waals surface area contributed by atoms with Gasteiger partial charge < -0.3 is 9.64 Å². The minimum atomic E-state index is -1.26. The molecule has 4 rings (SSSR count). The molecule has 1 aliphatic rings. The molecule has 1 amide bonds. The summed E-state index contributed by atoms with van der Waals surface area (Å²) in [4.78, 5) is 14.8. The number of carbonyl (C=O) groups is 1. The van der Waals surface area contributed by atoms with Crippen molar-refractivity contribution in [3.05, 3.63) is 88.7 Å². The molecule has 166 valence electrons. The Bertz CT molecular complexity index is 1190. The standard InChI is InChI=1S/C26H24F3NO2/c1-4-32-21-7-5-6-16(11-21)17-8-9-18-15-30(3)25(31)26(2,22(18)12-17)14-19-10-20(27)13-23(28)24(19)29/h5-13H,4,14-15H2,1-3H3. The lowest BCUT2D eigenvalue weighted by Crippen LogP contribution is -2.49. The molecule has 3 nitrogen and oxygen atoms in total. The van der Waals surface area contributed by atoms with Crippen LogP contribution >= 0.6 is 0 Å². The maximum absolute atomic E-state index is 14.5. The molecule has 0 saturated heterocycles. The smallest absolute Gasteiger partial charge is 0.233 e. The zero-order valence-corrected chi connectivity index (χ0v) is 18.2. The van der Waals surface area contributed by atoms with Crippen LogP contribution in [0.5, 0.6) is 5.75 Å². The van der Waals surface area contributed by atoms with E-state index in [1.54, 1.807) is 18.9 Å². The first kappa shape index (κ1) is 21.9. The van der Waals surface area contributed by atoms with Crippen LogP contribution in [0, 0.1) is 17.5 Å². The van der Waals surface area contributed by atoms with Crippen molar-refractivity contribution in [3.8, 4) is 16.9 Å². The van der Waals surface area contributed by atoms with Crippen LogP contribution in [0.1, 0.15) is 30.5 Å². The van der Waals surface area contributed by atoms with Crippen LogP contribution in [0.3, 0.4) is 0 Å². The summed E-state index contributed by atoms with van der Waals surface area (Å²) in [6.45, 7) is 4.56. The normalized spacial score (nSPS) is 17.9. The van der Waals surface area contributed by atoms with Gasteiger partial charge >= 0.3 is 0 Å². The van der Waals surface area contributed by atoms with Crippen LogP contribution in [0.2, 0.25) is 0 Å².